The lowest BCUT2D eigenvalue weighted by Crippen LogP contribution is -2.44. The average Bonchev–Trinajstić information content (AvgIpc) is 2.60. The third kappa shape index (κ3) is 5.43. The van der Waals surface area contributed by atoms with Crippen molar-refractivity contribution in [2.75, 3.05) is 25.6 Å². The van der Waals surface area contributed by atoms with Crippen LogP contribution in [0.15, 0.2) is 24.3 Å². The minimum Gasteiger partial charge on any atom is -0.381 e. The van der Waals surface area contributed by atoms with Gasteiger partial charge in [0.25, 0.3) is 0 Å². The average molecular weight is 373 g/mol. The van der Waals surface area contributed by atoms with E-state index in [-0.39, 0.29) is 18.4 Å². The van der Waals surface area contributed by atoms with Crippen LogP contribution in [0.25, 0.3) is 0 Å². The standard InChI is InChI=1S/C17H22F3N3O3/c1-23(16(25)17(18,19)20)10-11-3-2-4-13(9-11)22-15(24)14(21)12-5-7-26-8-6-12/h2-4,9,12,14H,5-8,10,21H2,1H3,(H,22,24). The van der Waals surface area contributed by atoms with Crippen LogP contribution in [-0.2, 0) is 20.9 Å². The Hall–Kier alpha value is -2.13. The lowest BCUT2D eigenvalue weighted by Gasteiger charge is -2.26. The Morgan fingerprint density at radius 2 is 2.00 bits per heavy atom. The fourth-order valence-corrected chi connectivity index (χ4v) is 2.82. The van der Waals surface area contributed by atoms with Crippen molar-refractivity contribution in [3.63, 3.8) is 0 Å². The van der Waals surface area contributed by atoms with Crippen LogP contribution in [0.5, 0.6) is 0 Å². The Balaban J connectivity index is 1.97. The number of alkyl halides is 3. The molecule has 1 saturated heterocycles. The van der Waals surface area contributed by atoms with Crippen LogP contribution in [0.1, 0.15) is 18.4 Å². The van der Waals surface area contributed by atoms with Crippen LogP contribution in [0.3, 0.4) is 0 Å². The van der Waals surface area contributed by atoms with E-state index in [9.17, 15) is 22.8 Å². The lowest BCUT2D eigenvalue weighted by molar-refractivity contribution is -0.184. The molecule has 0 saturated carbocycles. The van der Waals surface area contributed by atoms with Crippen molar-refractivity contribution >= 4 is 17.5 Å². The summed E-state index contributed by atoms with van der Waals surface area (Å²) in [5, 5.41) is 2.68. The van der Waals surface area contributed by atoms with Gasteiger partial charge in [-0.25, -0.2) is 0 Å². The fraction of sp³-hybridized carbons (Fsp3) is 0.529. The summed E-state index contributed by atoms with van der Waals surface area (Å²) < 4.78 is 42.6. The van der Waals surface area contributed by atoms with Gasteiger partial charge in [-0.3, -0.25) is 9.59 Å². The molecule has 1 aliphatic heterocycles. The van der Waals surface area contributed by atoms with Crippen molar-refractivity contribution in [3.8, 4) is 0 Å². The zero-order valence-electron chi connectivity index (χ0n) is 14.4. The van der Waals surface area contributed by atoms with E-state index in [1.165, 1.54) is 6.07 Å². The van der Waals surface area contributed by atoms with E-state index in [0.29, 0.717) is 42.2 Å². The first-order chi connectivity index (χ1) is 12.2. The number of carbonyl (C=O) groups excluding carboxylic acids is 2. The number of anilines is 1. The second-order valence-electron chi connectivity index (χ2n) is 6.32. The maximum Gasteiger partial charge on any atom is 0.471 e. The molecule has 2 rings (SSSR count). The Kier molecular flexibility index (Phi) is 6.60. The number of halogens is 3. The minimum absolute atomic E-state index is 0.0301. The molecule has 0 spiro atoms. The number of nitrogens with zero attached hydrogens (tertiary/aromatic N) is 1. The molecule has 0 bridgehead atoms. The number of nitrogens with two attached hydrogens (primary N) is 1. The third-order valence-corrected chi connectivity index (χ3v) is 4.28. The Labute approximate surface area is 149 Å². The van der Waals surface area contributed by atoms with Crippen LogP contribution in [0.4, 0.5) is 18.9 Å². The Morgan fingerprint density at radius 1 is 1.35 bits per heavy atom. The highest BCUT2D eigenvalue weighted by Crippen LogP contribution is 2.21. The lowest BCUT2D eigenvalue weighted by atomic mass is 9.92. The highest BCUT2D eigenvalue weighted by Gasteiger charge is 2.41. The van der Waals surface area contributed by atoms with Crippen LogP contribution in [0, 0.1) is 5.92 Å². The molecule has 1 fully saturated rings. The van der Waals surface area contributed by atoms with Gasteiger partial charge in [0, 0.05) is 32.5 Å². The van der Waals surface area contributed by atoms with Crippen LogP contribution in [0.2, 0.25) is 0 Å². The van der Waals surface area contributed by atoms with E-state index in [2.05, 4.69) is 5.32 Å². The second-order valence-corrected chi connectivity index (χ2v) is 6.32. The van der Waals surface area contributed by atoms with Crippen LogP contribution in [-0.4, -0.2) is 49.2 Å². The number of rotatable bonds is 5. The number of ether oxygens (including phenoxy) is 1. The van der Waals surface area contributed by atoms with Gasteiger partial charge >= 0.3 is 12.1 Å². The summed E-state index contributed by atoms with van der Waals surface area (Å²) in [5.41, 5.74) is 6.88. The molecule has 3 N–H and O–H groups in total. The van der Waals surface area contributed by atoms with E-state index in [4.69, 9.17) is 10.5 Å². The maximum absolute atomic E-state index is 12.4. The summed E-state index contributed by atoms with van der Waals surface area (Å²) in [6, 6.07) is 5.63. The highest BCUT2D eigenvalue weighted by molar-refractivity contribution is 5.95. The topological polar surface area (TPSA) is 84.7 Å². The quantitative estimate of drug-likeness (QED) is 0.826. The summed E-state index contributed by atoms with van der Waals surface area (Å²) in [6.07, 6.45) is -3.50. The molecule has 1 aromatic carbocycles. The van der Waals surface area contributed by atoms with Crippen molar-refractivity contribution in [1.29, 1.82) is 0 Å². The predicted molar refractivity (Wildman–Crippen MR) is 89.1 cm³/mol. The SMILES string of the molecule is CN(Cc1cccc(NC(=O)C(N)C2CCOCC2)c1)C(=O)C(F)(F)F. The monoisotopic (exact) mass is 373 g/mol. The first-order valence-corrected chi connectivity index (χ1v) is 8.24. The van der Waals surface area contributed by atoms with E-state index < -0.39 is 18.1 Å². The van der Waals surface area contributed by atoms with Gasteiger partial charge in [0.15, 0.2) is 0 Å². The summed E-state index contributed by atoms with van der Waals surface area (Å²) in [7, 11) is 1.07. The summed E-state index contributed by atoms with van der Waals surface area (Å²) >= 11 is 0. The number of hydrogen-bond acceptors (Lipinski definition) is 4. The zero-order valence-corrected chi connectivity index (χ0v) is 14.4. The molecule has 144 valence electrons. The number of benzene rings is 1. The summed E-state index contributed by atoms with van der Waals surface area (Å²) in [4.78, 5) is 24.1. The van der Waals surface area contributed by atoms with E-state index >= 15 is 0 Å². The number of nitrogens with one attached hydrogen (secondary N) is 1. The maximum atomic E-state index is 12.4. The first-order valence-electron chi connectivity index (χ1n) is 8.24. The molecule has 1 atom stereocenters. The largest absolute Gasteiger partial charge is 0.471 e. The van der Waals surface area contributed by atoms with E-state index in [0.717, 1.165) is 7.05 Å². The third-order valence-electron chi connectivity index (χ3n) is 4.28. The number of carbonyl (C=O) groups is 2. The van der Waals surface area contributed by atoms with Gasteiger partial charge in [0.1, 0.15) is 0 Å². The Morgan fingerprint density at radius 3 is 2.62 bits per heavy atom. The van der Waals surface area contributed by atoms with Crippen molar-refractivity contribution in [1.82, 2.24) is 4.90 Å². The molecule has 9 heteroatoms. The summed E-state index contributed by atoms with van der Waals surface area (Å²) in [5.74, 6) is -2.25. The van der Waals surface area contributed by atoms with E-state index in [1.807, 2.05) is 0 Å². The molecular weight excluding hydrogens is 351 g/mol. The van der Waals surface area contributed by atoms with Gasteiger partial charge < -0.3 is 20.7 Å². The highest BCUT2D eigenvalue weighted by atomic mass is 19.4. The number of hydrogen-bond donors (Lipinski definition) is 2. The van der Waals surface area contributed by atoms with Gasteiger partial charge in [-0.05, 0) is 36.5 Å². The van der Waals surface area contributed by atoms with Crippen molar-refractivity contribution in [2.24, 2.45) is 11.7 Å². The fourth-order valence-electron chi connectivity index (χ4n) is 2.82. The molecule has 26 heavy (non-hydrogen) atoms. The summed E-state index contributed by atoms with van der Waals surface area (Å²) in [6.45, 7) is 0.912. The number of amides is 2. The van der Waals surface area contributed by atoms with Gasteiger partial charge in [-0.15, -0.1) is 0 Å². The van der Waals surface area contributed by atoms with Crippen LogP contribution < -0.4 is 11.1 Å². The minimum atomic E-state index is -4.92. The molecular formula is C17H22F3N3O3. The van der Waals surface area contributed by atoms with Crippen molar-refractivity contribution < 1.29 is 27.5 Å². The van der Waals surface area contributed by atoms with E-state index in [1.54, 1.807) is 18.2 Å². The van der Waals surface area contributed by atoms with Crippen molar-refractivity contribution in [2.45, 2.75) is 31.6 Å². The predicted octanol–water partition coefficient (Wildman–Crippen LogP) is 1.90. The van der Waals surface area contributed by atoms with Gasteiger partial charge in [0.2, 0.25) is 5.91 Å². The second kappa shape index (κ2) is 8.50. The van der Waals surface area contributed by atoms with Gasteiger partial charge in [0.05, 0.1) is 6.04 Å². The first kappa shape index (κ1) is 20.2. The Bertz CT molecular complexity index is 646. The van der Waals surface area contributed by atoms with Crippen molar-refractivity contribution in [3.05, 3.63) is 29.8 Å². The van der Waals surface area contributed by atoms with Gasteiger partial charge in [-0.1, -0.05) is 12.1 Å². The molecule has 1 heterocycles. The zero-order chi connectivity index (χ0) is 19.3. The normalized spacial score (nSPS) is 16.8. The molecule has 0 aliphatic carbocycles. The smallest absolute Gasteiger partial charge is 0.381 e. The van der Waals surface area contributed by atoms with Gasteiger partial charge in [-0.2, -0.15) is 13.2 Å². The molecule has 0 aromatic heterocycles. The molecule has 2 amide bonds. The molecule has 6 nitrogen and oxygen atoms in total. The van der Waals surface area contributed by atoms with Crippen LogP contribution >= 0.6 is 0 Å². The molecule has 1 aliphatic rings. The molecule has 1 unspecified atom stereocenters. The molecule has 1 aromatic rings. The molecule has 0 radical (unpaired) electrons.